The van der Waals surface area contributed by atoms with Gasteiger partial charge in [-0.25, -0.2) is 13.2 Å². The monoisotopic (exact) mass is 384 g/mol. The van der Waals surface area contributed by atoms with E-state index in [1.807, 2.05) is 0 Å². The van der Waals surface area contributed by atoms with Gasteiger partial charge in [-0.2, -0.15) is 0 Å². The Balaban J connectivity index is 0.000000666. The first-order valence-electron chi connectivity index (χ1n) is 7.44. The van der Waals surface area contributed by atoms with Crippen molar-refractivity contribution < 1.29 is 30.8 Å². The molecular formula is C19H12BF7. The van der Waals surface area contributed by atoms with E-state index < -0.39 is 7.54 Å². The van der Waals surface area contributed by atoms with Gasteiger partial charge in [0.25, 0.3) is 0 Å². The highest BCUT2D eigenvalue weighted by molar-refractivity contribution is 6.33. The fourth-order valence-corrected chi connectivity index (χ4v) is 2.35. The van der Waals surface area contributed by atoms with Crippen LogP contribution in [-0.4, -0.2) is 7.54 Å². The molecule has 0 aliphatic rings. The molecule has 0 aliphatic carbocycles. The van der Waals surface area contributed by atoms with E-state index in [1.165, 1.54) is 36.4 Å². The Kier molecular flexibility index (Phi) is 8.45. The van der Waals surface area contributed by atoms with Crippen molar-refractivity contribution in [1.82, 2.24) is 0 Å². The Morgan fingerprint density at radius 2 is 0.667 bits per heavy atom. The third-order valence-electron chi connectivity index (χ3n) is 3.40. The zero-order valence-electron chi connectivity index (χ0n) is 13.7. The zero-order valence-corrected chi connectivity index (χ0v) is 13.7. The number of halogens is 7. The van der Waals surface area contributed by atoms with Crippen molar-refractivity contribution in [3.63, 3.8) is 0 Å². The Morgan fingerprint density at radius 1 is 0.481 bits per heavy atom. The standard InChI is InChI=1S/C19H12F3.BF3.FH/c20-16-7-1-13(2-8-16)19(14-3-9-17(21)10-4-14)15-5-11-18(22)12-6-15;2-1(3)4;/h1-12H;;1H/q+1;;/p-1. The highest BCUT2D eigenvalue weighted by Gasteiger charge is 2.22. The maximum atomic E-state index is 13.2. The fourth-order valence-electron chi connectivity index (χ4n) is 2.35. The number of hydrogen-bond donors (Lipinski definition) is 0. The van der Waals surface area contributed by atoms with E-state index in [2.05, 4.69) is 0 Å². The molecule has 0 heterocycles. The van der Waals surface area contributed by atoms with E-state index in [-0.39, 0.29) is 22.2 Å². The van der Waals surface area contributed by atoms with Crippen molar-refractivity contribution in [2.45, 2.75) is 0 Å². The van der Waals surface area contributed by atoms with Gasteiger partial charge in [0.1, 0.15) is 17.5 Å². The van der Waals surface area contributed by atoms with Gasteiger partial charge in [-0.15, -0.1) is 0 Å². The van der Waals surface area contributed by atoms with Crippen LogP contribution in [-0.2, 0) is 0 Å². The summed E-state index contributed by atoms with van der Waals surface area (Å²) in [6.07, 6.45) is 0. The van der Waals surface area contributed by atoms with Crippen LogP contribution in [0.5, 0.6) is 0 Å². The predicted octanol–water partition coefficient (Wildman–Crippen LogP) is 3.01. The van der Waals surface area contributed by atoms with E-state index in [0.717, 1.165) is 22.6 Å². The summed E-state index contributed by atoms with van der Waals surface area (Å²) < 4.78 is 68.5. The third-order valence-corrected chi connectivity index (χ3v) is 3.40. The van der Waals surface area contributed by atoms with E-state index in [0.29, 0.717) is 0 Å². The van der Waals surface area contributed by atoms with Gasteiger partial charge < -0.3 is 4.70 Å². The molecule has 0 unspecified atom stereocenters. The second-order valence-corrected chi connectivity index (χ2v) is 5.14. The molecule has 0 amide bonds. The van der Waals surface area contributed by atoms with Crippen LogP contribution in [0.2, 0.25) is 0 Å². The molecule has 27 heavy (non-hydrogen) atoms. The molecular weight excluding hydrogens is 372 g/mol. The summed E-state index contributed by atoms with van der Waals surface area (Å²) in [6.45, 7) is 0. The minimum atomic E-state index is -3.67. The predicted molar refractivity (Wildman–Crippen MR) is 88.8 cm³/mol. The van der Waals surface area contributed by atoms with Crippen LogP contribution in [0.25, 0.3) is 0 Å². The highest BCUT2D eigenvalue weighted by Crippen LogP contribution is 2.31. The maximum Gasteiger partial charge on any atom is 0.762 e. The van der Waals surface area contributed by atoms with Crippen LogP contribution < -0.4 is 4.70 Å². The summed E-state index contributed by atoms with van der Waals surface area (Å²) in [5.41, 5.74) is 2.33. The van der Waals surface area contributed by atoms with Crippen LogP contribution in [0.4, 0.5) is 26.1 Å². The third kappa shape index (κ3) is 6.73. The number of rotatable bonds is 3. The highest BCUT2D eigenvalue weighted by atomic mass is 19.4. The quantitative estimate of drug-likeness (QED) is 0.282. The van der Waals surface area contributed by atoms with E-state index in [9.17, 15) is 26.1 Å². The second-order valence-electron chi connectivity index (χ2n) is 5.14. The molecule has 0 saturated carbocycles. The Morgan fingerprint density at radius 3 is 0.852 bits per heavy atom. The van der Waals surface area contributed by atoms with E-state index >= 15 is 0 Å². The molecule has 3 aromatic rings. The molecule has 0 N–H and O–H groups in total. The van der Waals surface area contributed by atoms with Gasteiger partial charge in [-0.05, 0) is 72.8 Å². The second kappa shape index (κ2) is 10.3. The number of benzene rings is 3. The van der Waals surface area contributed by atoms with Gasteiger partial charge >= 0.3 is 7.54 Å². The fraction of sp³-hybridized carbons (Fsp3) is 0. The van der Waals surface area contributed by atoms with Crippen molar-refractivity contribution in [1.29, 1.82) is 0 Å². The van der Waals surface area contributed by atoms with Gasteiger partial charge in [0.05, 0.1) is 22.6 Å². The lowest BCUT2D eigenvalue weighted by molar-refractivity contribution is -0.00000974. The molecule has 140 valence electrons. The van der Waals surface area contributed by atoms with Gasteiger partial charge in [0.15, 0.2) is 0 Å². The summed E-state index contributed by atoms with van der Waals surface area (Å²) in [6, 6.07) is 18.1. The summed E-state index contributed by atoms with van der Waals surface area (Å²) in [5, 5.41) is 0. The van der Waals surface area contributed by atoms with E-state index in [1.54, 1.807) is 36.4 Å². The van der Waals surface area contributed by atoms with Crippen LogP contribution in [0.3, 0.4) is 0 Å². The molecule has 0 aromatic heterocycles. The Labute approximate surface area is 152 Å². The molecule has 8 heteroatoms. The van der Waals surface area contributed by atoms with Crippen LogP contribution >= 0.6 is 0 Å². The lowest BCUT2D eigenvalue weighted by Gasteiger charge is -2.13. The SMILES string of the molecule is FB(F)F.Fc1ccc([C+](c2ccc(F)cc2)c2ccc(F)cc2)cc1.[F-]. The first-order chi connectivity index (χ1) is 12.4. The summed E-state index contributed by atoms with van der Waals surface area (Å²) in [4.78, 5) is 0. The average molecular weight is 384 g/mol. The van der Waals surface area contributed by atoms with Crippen LogP contribution in [0.15, 0.2) is 72.8 Å². The molecule has 3 aromatic carbocycles. The van der Waals surface area contributed by atoms with Crippen molar-refractivity contribution in [3.05, 3.63) is 113 Å². The van der Waals surface area contributed by atoms with Gasteiger partial charge in [0, 0.05) is 0 Å². The normalized spacial score (nSPS) is 9.56. The van der Waals surface area contributed by atoms with Gasteiger partial charge in [-0.1, -0.05) is 0 Å². The summed E-state index contributed by atoms with van der Waals surface area (Å²) in [7, 11) is -3.67. The van der Waals surface area contributed by atoms with E-state index in [4.69, 9.17) is 0 Å². The van der Waals surface area contributed by atoms with Gasteiger partial charge in [0.2, 0.25) is 0 Å². The van der Waals surface area contributed by atoms with Crippen LogP contribution in [0, 0.1) is 23.4 Å². The molecule has 0 aliphatic heterocycles. The minimum absolute atomic E-state index is 0. The summed E-state index contributed by atoms with van der Waals surface area (Å²) in [5.74, 6) is -0.205. The lowest BCUT2D eigenvalue weighted by Crippen LogP contribution is -3.00. The van der Waals surface area contributed by atoms with Crippen molar-refractivity contribution in [2.75, 3.05) is 0 Å². The first-order valence-corrected chi connectivity index (χ1v) is 7.44. The van der Waals surface area contributed by atoms with Crippen molar-refractivity contribution >= 4 is 7.54 Å². The first kappa shape index (κ1) is 22.1. The van der Waals surface area contributed by atoms with Crippen molar-refractivity contribution in [2.24, 2.45) is 0 Å². The van der Waals surface area contributed by atoms with Crippen LogP contribution in [0.1, 0.15) is 16.7 Å². The molecule has 0 saturated heterocycles. The van der Waals surface area contributed by atoms with Gasteiger partial charge in [-0.3, -0.25) is 12.9 Å². The average Bonchev–Trinajstić information content (AvgIpc) is 2.60. The molecule has 0 nitrogen and oxygen atoms in total. The Hall–Kier alpha value is -2.90. The Bertz CT molecular complexity index is 692. The lowest BCUT2D eigenvalue weighted by atomic mass is 9.85. The number of hydrogen-bond acceptors (Lipinski definition) is 0. The largest absolute Gasteiger partial charge is 1.00 e. The molecule has 0 fully saturated rings. The zero-order chi connectivity index (χ0) is 19.1. The smallest absolute Gasteiger partial charge is 0.762 e. The molecule has 0 atom stereocenters. The summed E-state index contributed by atoms with van der Waals surface area (Å²) >= 11 is 0. The molecule has 0 spiro atoms. The molecule has 0 radical (unpaired) electrons. The van der Waals surface area contributed by atoms with Crippen molar-refractivity contribution in [3.8, 4) is 0 Å². The molecule has 3 rings (SSSR count). The topological polar surface area (TPSA) is 0 Å². The minimum Gasteiger partial charge on any atom is -1.00 e. The molecule has 0 bridgehead atoms. The maximum absolute atomic E-state index is 13.2.